The molecule has 0 aliphatic rings. The fourth-order valence-corrected chi connectivity index (χ4v) is 3.90. The van der Waals surface area contributed by atoms with Crippen molar-refractivity contribution in [2.75, 3.05) is 12.8 Å². The van der Waals surface area contributed by atoms with Crippen molar-refractivity contribution in [3.63, 3.8) is 0 Å². The second-order valence-corrected chi connectivity index (χ2v) is 8.99. The van der Waals surface area contributed by atoms with E-state index in [1.54, 1.807) is 6.07 Å². The van der Waals surface area contributed by atoms with Crippen molar-refractivity contribution in [1.29, 1.82) is 0 Å². The molecule has 1 atom stereocenters. The van der Waals surface area contributed by atoms with Crippen molar-refractivity contribution in [3.8, 4) is 5.75 Å². The molecule has 0 aliphatic heterocycles. The van der Waals surface area contributed by atoms with E-state index in [0.717, 1.165) is 3.57 Å². The molecule has 96 valence electrons. The molecule has 1 rings (SSSR count). The first kappa shape index (κ1) is 16.0. The van der Waals surface area contributed by atoms with Crippen LogP contribution in [0, 0.1) is 3.57 Å². The number of rotatable bonds is 5. The minimum Gasteiger partial charge on any atom is -0.442 e. The van der Waals surface area contributed by atoms with Crippen molar-refractivity contribution < 1.29 is 9.05 Å². The minimum absolute atomic E-state index is 0.390. The number of hydrogen-bond acceptors (Lipinski definition) is 3. The summed E-state index contributed by atoms with van der Waals surface area (Å²) in [5.74, 6) is 0.496. The molecule has 0 fully saturated rings. The van der Waals surface area contributed by atoms with Crippen LogP contribution in [-0.2, 0) is 16.3 Å². The summed E-state index contributed by atoms with van der Waals surface area (Å²) in [5, 5.41) is 0.875. The van der Waals surface area contributed by atoms with Gasteiger partial charge in [-0.05, 0) is 53.5 Å². The Kier molecular flexibility index (Phi) is 6.51. The Morgan fingerprint density at radius 2 is 1.94 bits per heavy atom. The van der Waals surface area contributed by atoms with Gasteiger partial charge in [0.2, 0.25) is 6.49 Å². The van der Waals surface area contributed by atoms with Gasteiger partial charge < -0.3 is 9.05 Å². The average Bonchev–Trinajstić information content (AvgIpc) is 2.30. The molecule has 0 saturated heterocycles. The van der Waals surface area contributed by atoms with Crippen LogP contribution in [0.5, 0.6) is 5.75 Å². The Labute approximate surface area is 130 Å². The maximum Gasteiger partial charge on any atom is 0.237 e. The Balaban J connectivity index is 3.03. The van der Waals surface area contributed by atoms with Gasteiger partial charge in [-0.1, -0.05) is 30.1 Å². The summed E-state index contributed by atoms with van der Waals surface area (Å²) in [7, 11) is 0. The second kappa shape index (κ2) is 6.92. The van der Waals surface area contributed by atoms with E-state index < -0.39 is 6.49 Å². The first-order valence-electron chi connectivity index (χ1n) is 5.00. The van der Waals surface area contributed by atoms with Gasteiger partial charge in [0.1, 0.15) is 10.8 Å². The van der Waals surface area contributed by atoms with E-state index in [0.29, 0.717) is 28.6 Å². The standard InChI is InChI=1S/C10H12Cl2IO2PS/c1-3-14-16(17,4-2)15-8-6-5-7(13)9(11)10(8)12/h5-6H,3-4H2,1-2H3. The van der Waals surface area contributed by atoms with Crippen molar-refractivity contribution in [2.24, 2.45) is 0 Å². The first-order chi connectivity index (χ1) is 7.93. The Hall–Kier alpha value is 0.940. The number of halogens is 3. The molecule has 1 aromatic rings. The summed E-state index contributed by atoms with van der Waals surface area (Å²) in [6.07, 6.45) is 0.649. The lowest BCUT2D eigenvalue weighted by Gasteiger charge is -2.22. The molecule has 1 aromatic carbocycles. The summed E-state index contributed by atoms with van der Waals surface area (Å²) in [4.78, 5) is 0. The van der Waals surface area contributed by atoms with Gasteiger partial charge in [0.25, 0.3) is 0 Å². The molecule has 0 heterocycles. The van der Waals surface area contributed by atoms with E-state index in [1.807, 2.05) is 19.9 Å². The Morgan fingerprint density at radius 1 is 1.29 bits per heavy atom. The van der Waals surface area contributed by atoms with E-state index in [2.05, 4.69) is 22.6 Å². The van der Waals surface area contributed by atoms with E-state index >= 15 is 0 Å². The molecular weight excluding hydrogens is 413 g/mol. The zero-order valence-electron chi connectivity index (χ0n) is 9.37. The first-order valence-corrected chi connectivity index (χ1v) is 9.66. The second-order valence-electron chi connectivity index (χ2n) is 3.11. The van der Waals surface area contributed by atoms with E-state index in [-0.39, 0.29) is 0 Å². The van der Waals surface area contributed by atoms with Crippen LogP contribution in [0.1, 0.15) is 13.8 Å². The molecule has 1 unspecified atom stereocenters. The monoisotopic (exact) mass is 424 g/mol. The van der Waals surface area contributed by atoms with Gasteiger partial charge >= 0.3 is 0 Å². The zero-order valence-corrected chi connectivity index (χ0v) is 14.8. The molecule has 2 nitrogen and oxygen atoms in total. The van der Waals surface area contributed by atoms with Crippen LogP contribution in [0.4, 0.5) is 0 Å². The summed E-state index contributed by atoms with van der Waals surface area (Å²) >= 11 is 19.7. The normalized spacial score (nSPS) is 14.4. The quantitative estimate of drug-likeness (QED) is 0.361. The van der Waals surface area contributed by atoms with Gasteiger partial charge in [-0.2, -0.15) is 0 Å². The van der Waals surface area contributed by atoms with Crippen LogP contribution in [0.2, 0.25) is 10.0 Å². The van der Waals surface area contributed by atoms with Gasteiger partial charge in [-0.25, -0.2) is 0 Å². The predicted octanol–water partition coefficient (Wildman–Crippen LogP) is 5.34. The van der Waals surface area contributed by atoms with E-state index in [9.17, 15) is 0 Å². The molecule has 0 radical (unpaired) electrons. The molecule has 0 aromatic heterocycles. The summed E-state index contributed by atoms with van der Waals surface area (Å²) < 4.78 is 12.1. The number of hydrogen-bond donors (Lipinski definition) is 0. The highest BCUT2D eigenvalue weighted by Gasteiger charge is 2.20. The largest absolute Gasteiger partial charge is 0.442 e. The molecule has 0 saturated carbocycles. The zero-order chi connectivity index (χ0) is 13.1. The van der Waals surface area contributed by atoms with Crippen LogP contribution in [0.15, 0.2) is 12.1 Å². The Bertz CT molecular complexity index is 456. The molecular formula is C10H12Cl2IO2PS. The van der Waals surface area contributed by atoms with Crippen LogP contribution in [0.3, 0.4) is 0 Å². The molecule has 7 heteroatoms. The third-order valence-corrected chi connectivity index (χ3v) is 7.25. The highest BCUT2D eigenvalue weighted by atomic mass is 127. The number of benzene rings is 1. The summed E-state index contributed by atoms with van der Waals surface area (Å²) in [6, 6.07) is 3.61. The molecule has 0 spiro atoms. The third kappa shape index (κ3) is 4.22. The highest BCUT2D eigenvalue weighted by Crippen LogP contribution is 2.50. The van der Waals surface area contributed by atoms with Crippen molar-refractivity contribution >= 4 is 64.1 Å². The van der Waals surface area contributed by atoms with Gasteiger partial charge in [-0.15, -0.1) is 0 Å². The lowest BCUT2D eigenvalue weighted by atomic mass is 10.3. The van der Waals surface area contributed by atoms with Gasteiger partial charge in [0, 0.05) is 9.73 Å². The van der Waals surface area contributed by atoms with E-state index in [1.165, 1.54) is 0 Å². The molecule has 17 heavy (non-hydrogen) atoms. The molecule has 0 bridgehead atoms. The highest BCUT2D eigenvalue weighted by molar-refractivity contribution is 14.1. The molecule has 0 N–H and O–H groups in total. The van der Waals surface area contributed by atoms with Crippen LogP contribution >= 0.6 is 52.3 Å². The average molecular weight is 425 g/mol. The summed E-state index contributed by atoms with van der Waals surface area (Å²) in [5.41, 5.74) is 0. The van der Waals surface area contributed by atoms with Gasteiger partial charge in [0.05, 0.1) is 11.6 Å². The van der Waals surface area contributed by atoms with E-state index in [4.69, 9.17) is 44.1 Å². The molecule has 0 aliphatic carbocycles. The van der Waals surface area contributed by atoms with Gasteiger partial charge in [-0.3, -0.25) is 0 Å². The maximum absolute atomic E-state index is 6.12. The van der Waals surface area contributed by atoms with Crippen molar-refractivity contribution in [1.82, 2.24) is 0 Å². The third-order valence-electron chi connectivity index (χ3n) is 1.95. The van der Waals surface area contributed by atoms with Crippen LogP contribution < -0.4 is 4.52 Å². The lowest BCUT2D eigenvalue weighted by molar-refractivity contribution is 0.332. The fraction of sp³-hybridized carbons (Fsp3) is 0.400. The van der Waals surface area contributed by atoms with Crippen molar-refractivity contribution in [3.05, 3.63) is 25.7 Å². The van der Waals surface area contributed by atoms with Gasteiger partial charge in [0.15, 0.2) is 0 Å². The lowest BCUT2D eigenvalue weighted by Crippen LogP contribution is -2.00. The maximum atomic E-state index is 6.12. The Morgan fingerprint density at radius 3 is 2.47 bits per heavy atom. The smallest absolute Gasteiger partial charge is 0.237 e. The summed E-state index contributed by atoms with van der Waals surface area (Å²) in [6.45, 7) is 2.07. The minimum atomic E-state index is -2.30. The van der Waals surface area contributed by atoms with Crippen molar-refractivity contribution in [2.45, 2.75) is 13.8 Å². The van der Waals surface area contributed by atoms with Crippen LogP contribution in [-0.4, -0.2) is 12.8 Å². The molecule has 0 amide bonds. The topological polar surface area (TPSA) is 18.5 Å². The van der Waals surface area contributed by atoms with Crippen LogP contribution in [0.25, 0.3) is 0 Å². The SMILES string of the molecule is CCOP(=S)(CC)Oc1ccc(I)c(Cl)c1Cl. The fourth-order valence-electron chi connectivity index (χ4n) is 1.11. The predicted molar refractivity (Wildman–Crippen MR) is 86.3 cm³/mol.